The second kappa shape index (κ2) is 9.01. The van der Waals surface area contributed by atoms with Crippen molar-refractivity contribution in [2.45, 2.75) is 43.5 Å². The van der Waals surface area contributed by atoms with Crippen LogP contribution in [0.5, 0.6) is 0 Å². The minimum atomic E-state index is -0.293. The van der Waals surface area contributed by atoms with Gasteiger partial charge in [-0.25, -0.2) is 0 Å². The summed E-state index contributed by atoms with van der Waals surface area (Å²) in [5.74, 6) is 0. The molecule has 0 aliphatic rings. The first-order valence-electron chi connectivity index (χ1n) is 4.15. The summed E-state index contributed by atoms with van der Waals surface area (Å²) < 4.78 is 0. The Kier molecular flexibility index (Phi) is 9.77. The van der Waals surface area contributed by atoms with Crippen LogP contribution in [0.25, 0.3) is 0 Å². The molecule has 1 nitrogen and oxygen atoms in total. The van der Waals surface area contributed by atoms with Gasteiger partial charge in [-0.05, 0) is 19.3 Å². The van der Waals surface area contributed by atoms with Crippen LogP contribution in [0.2, 0.25) is 0 Å². The largest absolute Gasteiger partial charge is 0.382 e. The number of unbranched alkanes of at least 4 members (excludes halogenated alkanes) is 4. The van der Waals surface area contributed by atoms with E-state index < -0.39 is 0 Å². The Morgan fingerprint density at radius 1 is 1.00 bits per heavy atom. The molecule has 0 rings (SSSR count). The predicted molar refractivity (Wildman–Crippen MR) is 56.4 cm³/mol. The van der Waals surface area contributed by atoms with Gasteiger partial charge in [0.1, 0.15) is 5.01 Å². The van der Waals surface area contributed by atoms with E-state index in [1.807, 2.05) is 0 Å². The molecule has 0 spiro atoms. The second-order valence-corrected chi connectivity index (χ2v) is 4.53. The Balaban J connectivity index is 2.80. The Morgan fingerprint density at radius 2 is 1.55 bits per heavy atom. The van der Waals surface area contributed by atoms with Crippen LogP contribution < -0.4 is 0 Å². The van der Waals surface area contributed by atoms with Gasteiger partial charge >= 0.3 is 0 Å². The fourth-order valence-electron chi connectivity index (χ4n) is 0.938. The Hall–Kier alpha value is 0.920. The molecule has 0 bridgehead atoms. The van der Waals surface area contributed by atoms with E-state index in [9.17, 15) is 0 Å². The summed E-state index contributed by atoms with van der Waals surface area (Å²) in [6, 6.07) is 0. The van der Waals surface area contributed by atoms with Crippen molar-refractivity contribution >= 4 is 31.9 Å². The van der Waals surface area contributed by atoms with Gasteiger partial charge in [0, 0.05) is 5.33 Å². The molecular weight excluding hydrogens is 272 g/mol. The molecule has 11 heavy (non-hydrogen) atoms. The molecule has 0 aliphatic carbocycles. The summed E-state index contributed by atoms with van der Waals surface area (Å²) in [4.78, 5) is 0. The highest BCUT2D eigenvalue weighted by Crippen LogP contribution is 2.10. The maximum Gasteiger partial charge on any atom is 0.109 e. The van der Waals surface area contributed by atoms with Gasteiger partial charge in [0.2, 0.25) is 0 Å². The van der Waals surface area contributed by atoms with Crippen molar-refractivity contribution in [1.29, 1.82) is 0 Å². The van der Waals surface area contributed by atoms with Gasteiger partial charge in [-0.3, -0.25) is 0 Å². The number of alkyl halides is 2. The molecule has 0 amide bonds. The summed E-state index contributed by atoms with van der Waals surface area (Å²) >= 11 is 6.50. The van der Waals surface area contributed by atoms with Gasteiger partial charge in [0.15, 0.2) is 0 Å². The van der Waals surface area contributed by atoms with E-state index in [2.05, 4.69) is 31.9 Å². The molecule has 1 N–H and O–H groups in total. The molecular formula is C8H16Br2O. The molecule has 0 radical (unpaired) electrons. The van der Waals surface area contributed by atoms with Crippen LogP contribution in [-0.2, 0) is 0 Å². The zero-order valence-electron chi connectivity index (χ0n) is 6.73. The van der Waals surface area contributed by atoms with E-state index in [1.165, 1.54) is 25.7 Å². The van der Waals surface area contributed by atoms with Crippen LogP contribution in [0.3, 0.4) is 0 Å². The highest BCUT2D eigenvalue weighted by molar-refractivity contribution is 9.09. The Morgan fingerprint density at radius 3 is 2.09 bits per heavy atom. The quantitative estimate of drug-likeness (QED) is 0.562. The van der Waals surface area contributed by atoms with Crippen LogP contribution in [0.1, 0.15) is 38.5 Å². The highest BCUT2D eigenvalue weighted by Gasteiger charge is 1.96. The third-order valence-electron chi connectivity index (χ3n) is 1.58. The maximum absolute atomic E-state index is 8.86. The van der Waals surface area contributed by atoms with E-state index in [0.717, 1.165) is 18.2 Å². The fourth-order valence-corrected chi connectivity index (χ4v) is 1.66. The average Bonchev–Trinajstić information content (AvgIpc) is 1.96. The zero-order valence-corrected chi connectivity index (χ0v) is 9.90. The number of hydrogen-bond donors (Lipinski definition) is 1. The van der Waals surface area contributed by atoms with Crippen LogP contribution in [-0.4, -0.2) is 15.4 Å². The van der Waals surface area contributed by atoms with Crippen molar-refractivity contribution in [3.63, 3.8) is 0 Å². The summed E-state index contributed by atoms with van der Waals surface area (Å²) in [7, 11) is 0. The molecule has 0 aromatic heterocycles. The molecule has 68 valence electrons. The summed E-state index contributed by atoms with van der Waals surface area (Å²) in [5.41, 5.74) is 0. The average molecular weight is 288 g/mol. The van der Waals surface area contributed by atoms with E-state index >= 15 is 0 Å². The molecule has 3 heteroatoms. The van der Waals surface area contributed by atoms with Crippen LogP contribution in [0, 0.1) is 0 Å². The SMILES string of the molecule is OC(Br)CCCCCCCBr. The minimum Gasteiger partial charge on any atom is -0.382 e. The third kappa shape index (κ3) is 10.9. The molecule has 0 saturated carbocycles. The molecule has 0 fully saturated rings. The van der Waals surface area contributed by atoms with Crippen molar-refractivity contribution in [3.05, 3.63) is 0 Å². The zero-order chi connectivity index (χ0) is 8.53. The smallest absolute Gasteiger partial charge is 0.109 e. The highest BCUT2D eigenvalue weighted by atomic mass is 79.9. The molecule has 0 saturated heterocycles. The van der Waals surface area contributed by atoms with Crippen LogP contribution >= 0.6 is 31.9 Å². The van der Waals surface area contributed by atoms with Crippen molar-refractivity contribution in [1.82, 2.24) is 0 Å². The standard InChI is InChI=1S/C8H16Br2O/c9-7-5-3-1-2-4-6-8(10)11/h8,11H,1-7H2. The minimum absolute atomic E-state index is 0.293. The topological polar surface area (TPSA) is 20.2 Å². The Labute approximate surface area is 85.8 Å². The number of hydrogen-bond acceptors (Lipinski definition) is 1. The molecule has 0 heterocycles. The number of aliphatic hydroxyl groups is 1. The summed E-state index contributed by atoms with van der Waals surface area (Å²) in [5, 5.41) is 9.69. The lowest BCUT2D eigenvalue weighted by Crippen LogP contribution is -1.93. The molecule has 0 aromatic carbocycles. The second-order valence-electron chi connectivity index (χ2n) is 2.68. The predicted octanol–water partition coefficient (Wildman–Crippen LogP) is 3.44. The fraction of sp³-hybridized carbons (Fsp3) is 1.00. The van der Waals surface area contributed by atoms with Gasteiger partial charge < -0.3 is 5.11 Å². The summed E-state index contributed by atoms with van der Waals surface area (Å²) in [6.45, 7) is 0. The number of aliphatic hydroxyl groups excluding tert-OH is 1. The molecule has 0 aromatic rings. The first kappa shape index (κ1) is 11.9. The van der Waals surface area contributed by atoms with Gasteiger partial charge in [-0.15, -0.1) is 0 Å². The third-order valence-corrected chi connectivity index (χ3v) is 2.59. The molecule has 1 unspecified atom stereocenters. The van der Waals surface area contributed by atoms with Crippen LogP contribution in [0.4, 0.5) is 0 Å². The lowest BCUT2D eigenvalue weighted by Gasteiger charge is -2.01. The summed E-state index contributed by atoms with van der Waals surface area (Å²) in [6.07, 6.45) is 7.14. The van der Waals surface area contributed by atoms with E-state index in [0.29, 0.717) is 0 Å². The van der Waals surface area contributed by atoms with Crippen molar-refractivity contribution in [3.8, 4) is 0 Å². The first-order chi connectivity index (χ1) is 5.27. The van der Waals surface area contributed by atoms with Gasteiger partial charge in [0.25, 0.3) is 0 Å². The normalized spacial score (nSPS) is 13.4. The molecule has 0 aliphatic heterocycles. The first-order valence-corrected chi connectivity index (χ1v) is 6.19. The van der Waals surface area contributed by atoms with Gasteiger partial charge in [0.05, 0.1) is 0 Å². The monoisotopic (exact) mass is 286 g/mol. The maximum atomic E-state index is 8.86. The number of rotatable bonds is 7. The molecule has 1 atom stereocenters. The lowest BCUT2D eigenvalue weighted by atomic mass is 10.1. The van der Waals surface area contributed by atoms with E-state index in [4.69, 9.17) is 5.11 Å². The van der Waals surface area contributed by atoms with E-state index in [-0.39, 0.29) is 5.01 Å². The van der Waals surface area contributed by atoms with Crippen LogP contribution in [0.15, 0.2) is 0 Å². The van der Waals surface area contributed by atoms with Gasteiger partial charge in [-0.1, -0.05) is 51.1 Å². The van der Waals surface area contributed by atoms with Gasteiger partial charge in [-0.2, -0.15) is 0 Å². The lowest BCUT2D eigenvalue weighted by molar-refractivity contribution is 0.254. The van der Waals surface area contributed by atoms with E-state index in [1.54, 1.807) is 0 Å². The van der Waals surface area contributed by atoms with Crippen molar-refractivity contribution in [2.75, 3.05) is 5.33 Å². The van der Waals surface area contributed by atoms with Crippen molar-refractivity contribution in [2.24, 2.45) is 0 Å². The number of halogens is 2. The van der Waals surface area contributed by atoms with Crippen molar-refractivity contribution < 1.29 is 5.11 Å². The Bertz CT molecular complexity index is 76.5.